The number of aromatic nitrogens is 3. The van der Waals surface area contributed by atoms with Crippen molar-refractivity contribution in [3.63, 3.8) is 0 Å². The lowest BCUT2D eigenvalue weighted by atomic mass is 10.2. The highest BCUT2D eigenvalue weighted by atomic mass is 32.2. The van der Waals surface area contributed by atoms with Gasteiger partial charge in [-0.2, -0.15) is 0 Å². The fourth-order valence-electron chi connectivity index (χ4n) is 1.91. The van der Waals surface area contributed by atoms with Gasteiger partial charge in [0.15, 0.2) is 5.16 Å². The zero-order valence-corrected chi connectivity index (χ0v) is 11.0. The van der Waals surface area contributed by atoms with Crippen molar-refractivity contribution < 1.29 is 4.39 Å². The molecule has 0 atom stereocenters. The van der Waals surface area contributed by atoms with Gasteiger partial charge in [-0.05, 0) is 24.5 Å². The molecule has 18 heavy (non-hydrogen) atoms. The van der Waals surface area contributed by atoms with Crippen molar-refractivity contribution in [2.45, 2.75) is 29.7 Å². The van der Waals surface area contributed by atoms with Crippen LogP contribution in [-0.2, 0) is 12.8 Å². The minimum absolute atomic E-state index is 0.158. The molecule has 3 rings (SSSR count). The van der Waals surface area contributed by atoms with E-state index in [-0.39, 0.29) is 5.82 Å². The van der Waals surface area contributed by atoms with Crippen LogP contribution in [0, 0.1) is 5.82 Å². The van der Waals surface area contributed by atoms with Gasteiger partial charge in [-0.3, -0.25) is 0 Å². The molecule has 3 nitrogen and oxygen atoms in total. The van der Waals surface area contributed by atoms with Gasteiger partial charge < -0.3 is 4.57 Å². The van der Waals surface area contributed by atoms with Crippen LogP contribution in [0.2, 0.25) is 0 Å². The first-order chi connectivity index (χ1) is 8.75. The average molecular weight is 263 g/mol. The molecule has 1 aliphatic rings. The van der Waals surface area contributed by atoms with Crippen LogP contribution in [0.25, 0.3) is 0 Å². The van der Waals surface area contributed by atoms with E-state index < -0.39 is 0 Å². The van der Waals surface area contributed by atoms with E-state index in [9.17, 15) is 4.39 Å². The summed E-state index contributed by atoms with van der Waals surface area (Å²) in [6.07, 6.45) is 2.42. The lowest BCUT2D eigenvalue weighted by Crippen LogP contribution is -1.97. The molecule has 1 aliphatic carbocycles. The Bertz CT molecular complexity index is 563. The number of rotatable bonds is 4. The average Bonchev–Trinajstić information content (AvgIpc) is 3.14. The van der Waals surface area contributed by atoms with Crippen molar-refractivity contribution in [2.24, 2.45) is 7.05 Å². The van der Waals surface area contributed by atoms with Crippen LogP contribution in [0.15, 0.2) is 29.4 Å². The second-order valence-corrected chi connectivity index (χ2v) is 5.50. The Labute approximate surface area is 109 Å². The third-order valence-electron chi connectivity index (χ3n) is 3.13. The second-order valence-electron chi connectivity index (χ2n) is 4.55. The van der Waals surface area contributed by atoms with Crippen LogP contribution in [-0.4, -0.2) is 14.8 Å². The van der Waals surface area contributed by atoms with E-state index in [0.717, 1.165) is 11.0 Å². The number of nitrogens with zero attached hydrogens (tertiary/aromatic N) is 3. The Balaban J connectivity index is 1.72. The van der Waals surface area contributed by atoms with Crippen molar-refractivity contribution in [2.75, 3.05) is 0 Å². The lowest BCUT2D eigenvalue weighted by molar-refractivity contribution is 0.617. The Hall–Kier alpha value is -1.36. The van der Waals surface area contributed by atoms with Gasteiger partial charge in [0.25, 0.3) is 0 Å². The first-order valence-electron chi connectivity index (χ1n) is 6.01. The highest BCUT2D eigenvalue weighted by Crippen LogP contribution is 2.39. The zero-order valence-electron chi connectivity index (χ0n) is 10.1. The van der Waals surface area contributed by atoms with Gasteiger partial charge in [-0.1, -0.05) is 30.0 Å². The van der Waals surface area contributed by atoms with Crippen LogP contribution >= 0.6 is 11.8 Å². The van der Waals surface area contributed by atoms with Crippen molar-refractivity contribution in [3.8, 4) is 0 Å². The minimum Gasteiger partial charge on any atom is -0.309 e. The highest BCUT2D eigenvalue weighted by Gasteiger charge is 2.29. The molecule has 0 spiro atoms. The molecule has 0 aliphatic heterocycles. The lowest BCUT2D eigenvalue weighted by Gasteiger charge is -2.03. The first kappa shape index (κ1) is 11.7. The summed E-state index contributed by atoms with van der Waals surface area (Å²) in [5.41, 5.74) is 0.707. The molecule has 1 heterocycles. The number of halogens is 1. The molecule has 0 N–H and O–H groups in total. The molecule has 1 aromatic carbocycles. The standard InChI is InChI=1S/C13H14FN3S/c1-17-12(9-6-7-9)15-16-13(17)18-8-10-4-2-3-5-11(10)14/h2-5,9H,6-8H2,1H3. The molecule has 94 valence electrons. The molecular weight excluding hydrogens is 249 g/mol. The van der Waals surface area contributed by atoms with Gasteiger partial charge >= 0.3 is 0 Å². The van der Waals surface area contributed by atoms with E-state index in [1.807, 2.05) is 17.7 Å². The Morgan fingerprint density at radius 1 is 1.33 bits per heavy atom. The number of hydrogen-bond donors (Lipinski definition) is 0. The molecule has 0 saturated heterocycles. The van der Waals surface area contributed by atoms with Crippen LogP contribution in [0.4, 0.5) is 4.39 Å². The van der Waals surface area contributed by atoms with E-state index in [2.05, 4.69) is 10.2 Å². The van der Waals surface area contributed by atoms with Crippen molar-refractivity contribution >= 4 is 11.8 Å². The third kappa shape index (κ3) is 2.27. The van der Waals surface area contributed by atoms with Crippen molar-refractivity contribution in [3.05, 3.63) is 41.5 Å². The molecule has 0 bridgehead atoms. The van der Waals surface area contributed by atoms with Gasteiger partial charge in [0, 0.05) is 18.7 Å². The summed E-state index contributed by atoms with van der Waals surface area (Å²) in [4.78, 5) is 0. The zero-order chi connectivity index (χ0) is 12.5. The van der Waals surface area contributed by atoms with Crippen LogP contribution in [0.3, 0.4) is 0 Å². The second kappa shape index (κ2) is 4.72. The predicted octanol–water partition coefficient (Wildman–Crippen LogP) is 3.12. The SMILES string of the molecule is Cn1c(SCc2ccccc2F)nnc1C1CC1. The topological polar surface area (TPSA) is 30.7 Å². The van der Waals surface area contributed by atoms with E-state index in [1.54, 1.807) is 12.1 Å². The molecule has 1 saturated carbocycles. The van der Waals surface area contributed by atoms with Crippen molar-refractivity contribution in [1.29, 1.82) is 0 Å². The number of hydrogen-bond acceptors (Lipinski definition) is 3. The normalized spacial score (nSPS) is 15.0. The Morgan fingerprint density at radius 2 is 2.11 bits per heavy atom. The maximum Gasteiger partial charge on any atom is 0.191 e. The van der Waals surface area contributed by atoms with Gasteiger partial charge in [-0.15, -0.1) is 10.2 Å². The maximum absolute atomic E-state index is 13.5. The summed E-state index contributed by atoms with van der Waals surface area (Å²) in [5, 5.41) is 9.25. The summed E-state index contributed by atoms with van der Waals surface area (Å²) in [7, 11) is 1.98. The molecule has 0 radical (unpaired) electrons. The Kier molecular flexibility index (Phi) is 3.07. The molecular formula is C13H14FN3S. The summed E-state index contributed by atoms with van der Waals surface area (Å²) < 4.78 is 15.5. The van der Waals surface area contributed by atoms with Crippen LogP contribution in [0.1, 0.15) is 30.1 Å². The Morgan fingerprint density at radius 3 is 2.83 bits per heavy atom. The highest BCUT2D eigenvalue weighted by molar-refractivity contribution is 7.98. The van der Waals surface area contributed by atoms with Gasteiger partial charge in [0.05, 0.1) is 0 Å². The fourth-order valence-corrected chi connectivity index (χ4v) is 2.81. The van der Waals surface area contributed by atoms with E-state index in [4.69, 9.17) is 0 Å². The van der Waals surface area contributed by atoms with Crippen LogP contribution < -0.4 is 0 Å². The minimum atomic E-state index is -0.158. The quantitative estimate of drug-likeness (QED) is 0.794. The number of benzene rings is 1. The van der Waals surface area contributed by atoms with E-state index >= 15 is 0 Å². The smallest absolute Gasteiger partial charge is 0.191 e. The van der Waals surface area contributed by atoms with Crippen molar-refractivity contribution in [1.82, 2.24) is 14.8 Å². The fraction of sp³-hybridized carbons (Fsp3) is 0.385. The molecule has 5 heteroatoms. The van der Waals surface area contributed by atoms with E-state index in [0.29, 0.717) is 17.2 Å². The molecule has 0 unspecified atom stereocenters. The summed E-state index contributed by atoms with van der Waals surface area (Å²) in [6.45, 7) is 0. The van der Waals surface area contributed by atoms with Gasteiger partial charge in [-0.25, -0.2) is 4.39 Å². The monoisotopic (exact) mass is 263 g/mol. The van der Waals surface area contributed by atoms with Gasteiger partial charge in [0.1, 0.15) is 11.6 Å². The third-order valence-corrected chi connectivity index (χ3v) is 4.19. The summed E-state index contributed by atoms with van der Waals surface area (Å²) in [5.74, 6) is 2.08. The first-order valence-corrected chi connectivity index (χ1v) is 7.00. The molecule has 1 fully saturated rings. The molecule has 1 aromatic heterocycles. The summed E-state index contributed by atoms with van der Waals surface area (Å²) in [6, 6.07) is 6.85. The molecule has 0 amide bonds. The number of thioether (sulfide) groups is 1. The molecule has 2 aromatic rings. The predicted molar refractivity (Wildman–Crippen MR) is 68.9 cm³/mol. The van der Waals surface area contributed by atoms with E-state index in [1.165, 1.54) is 30.7 Å². The maximum atomic E-state index is 13.5. The van der Waals surface area contributed by atoms with Gasteiger partial charge in [0.2, 0.25) is 0 Å². The largest absolute Gasteiger partial charge is 0.309 e. The van der Waals surface area contributed by atoms with Crippen LogP contribution in [0.5, 0.6) is 0 Å². The summed E-state index contributed by atoms with van der Waals surface area (Å²) >= 11 is 1.53.